The summed E-state index contributed by atoms with van der Waals surface area (Å²) in [4.78, 5) is 21.1. The van der Waals surface area contributed by atoms with Gasteiger partial charge in [0.2, 0.25) is 5.91 Å². The molecule has 0 fully saturated rings. The molecule has 1 N–H and O–H groups in total. The summed E-state index contributed by atoms with van der Waals surface area (Å²) in [6, 6.07) is 13.8. The Morgan fingerprint density at radius 3 is 2.29 bits per heavy atom. The van der Waals surface area contributed by atoms with Crippen LogP contribution in [0.25, 0.3) is 0 Å². The van der Waals surface area contributed by atoms with Crippen molar-refractivity contribution in [3.63, 3.8) is 0 Å². The van der Waals surface area contributed by atoms with Crippen LogP contribution in [0.5, 0.6) is 0 Å². The van der Waals surface area contributed by atoms with E-state index in [-0.39, 0.29) is 17.6 Å². The highest BCUT2D eigenvalue weighted by atomic mass is 19.1. The summed E-state index contributed by atoms with van der Waals surface area (Å²) >= 11 is 0. The summed E-state index contributed by atoms with van der Waals surface area (Å²) in [6.07, 6.45) is 0.689. The summed E-state index contributed by atoms with van der Waals surface area (Å²) < 4.78 is 13.3. The standard InChI is InChI=1S/C19H18FN3O/c1-3-15-18(13-8-10-14(20)11-9-13)19(21-12(2)24)23-17-7-5-4-6-16(17)22-15/h4-11,18H,3H2,1-2H3,(H,21,23,24). The molecule has 0 bridgehead atoms. The third kappa shape index (κ3) is 3.25. The van der Waals surface area contributed by atoms with E-state index >= 15 is 0 Å². The topological polar surface area (TPSA) is 53.8 Å². The fourth-order valence-corrected chi connectivity index (χ4v) is 2.79. The molecule has 1 aliphatic heterocycles. The SMILES string of the molecule is CCC1=Nc2ccccc2N=C(NC(C)=O)C1c1ccc(F)cc1. The molecule has 0 saturated carbocycles. The quantitative estimate of drug-likeness (QED) is 0.881. The summed E-state index contributed by atoms with van der Waals surface area (Å²) in [5, 5.41) is 2.83. The van der Waals surface area contributed by atoms with Gasteiger partial charge in [0.1, 0.15) is 11.7 Å². The zero-order chi connectivity index (χ0) is 17.1. The summed E-state index contributed by atoms with van der Waals surface area (Å²) in [5.41, 5.74) is 3.19. The van der Waals surface area contributed by atoms with Crippen LogP contribution in [0, 0.1) is 5.82 Å². The first kappa shape index (κ1) is 16.1. The highest BCUT2D eigenvalue weighted by Gasteiger charge is 2.27. The van der Waals surface area contributed by atoms with Crippen molar-refractivity contribution in [2.75, 3.05) is 0 Å². The lowest BCUT2D eigenvalue weighted by molar-refractivity contribution is -0.117. The lowest BCUT2D eigenvalue weighted by atomic mass is 9.91. The van der Waals surface area contributed by atoms with Crippen LogP contribution in [0.15, 0.2) is 58.5 Å². The largest absolute Gasteiger partial charge is 0.314 e. The molecule has 3 rings (SSSR count). The molecule has 122 valence electrons. The summed E-state index contributed by atoms with van der Waals surface area (Å²) in [5.74, 6) is -0.300. The molecule has 0 radical (unpaired) electrons. The van der Waals surface area contributed by atoms with Crippen LogP contribution >= 0.6 is 0 Å². The van der Waals surface area contributed by atoms with Gasteiger partial charge in [-0.3, -0.25) is 9.79 Å². The number of nitrogens with one attached hydrogen (secondary N) is 1. The summed E-state index contributed by atoms with van der Waals surface area (Å²) in [7, 11) is 0. The van der Waals surface area contributed by atoms with Crippen molar-refractivity contribution in [1.29, 1.82) is 0 Å². The van der Waals surface area contributed by atoms with Gasteiger partial charge in [0.05, 0.1) is 17.3 Å². The lowest BCUT2D eigenvalue weighted by Gasteiger charge is -2.20. The first-order valence-corrected chi connectivity index (χ1v) is 7.86. The van der Waals surface area contributed by atoms with Gasteiger partial charge in [-0.1, -0.05) is 31.2 Å². The zero-order valence-electron chi connectivity index (χ0n) is 13.6. The van der Waals surface area contributed by atoms with Crippen LogP contribution in [-0.4, -0.2) is 17.5 Å². The molecular weight excluding hydrogens is 305 g/mol. The van der Waals surface area contributed by atoms with Crippen molar-refractivity contribution < 1.29 is 9.18 Å². The van der Waals surface area contributed by atoms with Crippen molar-refractivity contribution in [2.24, 2.45) is 9.98 Å². The van der Waals surface area contributed by atoms with Gasteiger partial charge in [-0.15, -0.1) is 0 Å². The minimum absolute atomic E-state index is 0.198. The molecule has 0 aromatic heterocycles. The Morgan fingerprint density at radius 2 is 1.71 bits per heavy atom. The smallest absolute Gasteiger partial charge is 0.222 e. The molecule has 0 aliphatic carbocycles. The van der Waals surface area contributed by atoms with E-state index in [0.717, 1.165) is 17.0 Å². The Kier molecular flexibility index (Phi) is 4.51. The van der Waals surface area contributed by atoms with Crippen LogP contribution in [0.3, 0.4) is 0 Å². The fourth-order valence-electron chi connectivity index (χ4n) is 2.79. The first-order valence-electron chi connectivity index (χ1n) is 7.86. The molecule has 4 nitrogen and oxygen atoms in total. The highest BCUT2D eigenvalue weighted by Crippen LogP contribution is 2.35. The number of rotatable bonds is 2. The number of carbonyl (C=O) groups excluding carboxylic acids is 1. The number of fused-ring (bicyclic) bond motifs is 1. The number of halogens is 1. The van der Waals surface area contributed by atoms with Gasteiger partial charge in [-0.05, 0) is 36.2 Å². The number of benzene rings is 2. The van der Waals surface area contributed by atoms with E-state index < -0.39 is 0 Å². The molecule has 1 amide bonds. The van der Waals surface area contributed by atoms with Crippen LogP contribution in [-0.2, 0) is 4.79 Å². The lowest BCUT2D eigenvalue weighted by Crippen LogP contribution is -2.36. The van der Waals surface area contributed by atoms with Crippen LogP contribution in [0.2, 0.25) is 0 Å². The molecule has 1 heterocycles. The minimum Gasteiger partial charge on any atom is -0.314 e. The van der Waals surface area contributed by atoms with E-state index in [1.54, 1.807) is 12.1 Å². The Balaban J connectivity index is 2.19. The van der Waals surface area contributed by atoms with Crippen molar-refractivity contribution in [1.82, 2.24) is 5.32 Å². The first-order chi connectivity index (χ1) is 11.6. The Hall–Kier alpha value is -2.82. The Bertz CT molecular complexity index is 825. The normalized spacial score (nSPS) is 16.5. The third-order valence-corrected chi connectivity index (χ3v) is 3.86. The van der Waals surface area contributed by atoms with E-state index in [1.807, 2.05) is 31.2 Å². The van der Waals surface area contributed by atoms with E-state index in [2.05, 4.69) is 10.3 Å². The Morgan fingerprint density at radius 1 is 1.08 bits per heavy atom. The predicted octanol–water partition coefficient (Wildman–Crippen LogP) is 4.27. The van der Waals surface area contributed by atoms with E-state index in [4.69, 9.17) is 4.99 Å². The maximum atomic E-state index is 13.3. The number of nitrogens with zero attached hydrogens (tertiary/aromatic N) is 2. The molecule has 24 heavy (non-hydrogen) atoms. The van der Waals surface area contributed by atoms with Gasteiger partial charge in [0, 0.05) is 12.6 Å². The van der Waals surface area contributed by atoms with E-state index in [1.165, 1.54) is 19.1 Å². The number of hydrogen-bond donors (Lipinski definition) is 1. The van der Waals surface area contributed by atoms with Gasteiger partial charge in [-0.25, -0.2) is 9.38 Å². The molecule has 5 heteroatoms. The molecule has 0 saturated heterocycles. The van der Waals surface area contributed by atoms with Crippen LogP contribution in [0.1, 0.15) is 31.7 Å². The van der Waals surface area contributed by atoms with Crippen molar-refractivity contribution >= 4 is 28.8 Å². The highest BCUT2D eigenvalue weighted by molar-refractivity contribution is 6.17. The molecule has 2 aromatic rings. The average molecular weight is 323 g/mol. The van der Waals surface area contributed by atoms with Crippen molar-refractivity contribution in [2.45, 2.75) is 26.2 Å². The average Bonchev–Trinajstić information content (AvgIpc) is 2.71. The number of hydrogen-bond acceptors (Lipinski definition) is 3. The molecule has 1 unspecified atom stereocenters. The van der Waals surface area contributed by atoms with E-state index in [0.29, 0.717) is 17.9 Å². The number of amidine groups is 1. The number of aliphatic imine (C=N–C) groups is 2. The fraction of sp³-hybridized carbons (Fsp3) is 0.211. The van der Waals surface area contributed by atoms with Crippen LogP contribution < -0.4 is 5.32 Å². The zero-order valence-corrected chi connectivity index (χ0v) is 13.6. The van der Waals surface area contributed by atoms with Gasteiger partial charge < -0.3 is 5.32 Å². The number of carbonyl (C=O) groups is 1. The second kappa shape index (κ2) is 6.74. The third-order valence-electron chi connectivity index (χ3n) is 3.86. The molecule has 0 spiro atoms. The van der Waals surface area contributed by atoms with Crippen molar-refractivity contribution in [3.8, 4) is 0 Å². The number of para-hydroxylation sites is 2. The van der Waals surface area contributed by atoms with Crippen LogP contribution in [0.4, 0.5) is 15.8 Å². The number of amides is 1. The van der Waals surface area contributed by atoms with Gasteiger partial charge in [0.25, 0.3) is 0 Å². The Labute approximate surface area is 140 Å². The molecule has 1 aliphatic rings. The maximum absolute atomic E-state index is 13.3. The monoisotopic (exact) mass is 323 g/mol. The van der Waals surface area contributed by atoms with E-state index in [9.17, 15) is 9.18 Å². The van der Waals surface area contributed by atoms with Crippen molar-refractivity contribution in [3.05, 3.63) is 59.9 Å². The molecule has 1 atom stereocenters. The maximum Gasteiger partial charge on any atom is 0.222 e. The second-order valence-electron chi connectivity index (χ2n) is 5.61. The molecular formula is C19H18FN3O. The molecule has 2 aromatic carbocycles. The van der Waals surface area contributed by atoms with Gasteiger partial charge in [0.15, 0.2) is 0 Å². The van der Waals surface area contributed by atoms with Gasteiger partial charge in [-0.2, -0.15) is 0 Å². The predicted molar refractivity (Wildman–Crippen MR) is 93.9 cm³/mol. The second-order valence-corrected chi connectivity index (χ2v) is 5.61. The minimum atomic E-state index is -0.313. The van der Waals surface area contributed by atoms with Gasteiger partial charge >= 0.3 is 0 Å². The summed E-state index contributed by atoms with van der Waals surface area (Å²) in [6.45, 7) is 3.46.